The molecule has 88 valence electrons. The van der Waals surface area contributed by atoms with E-state index in [1.807, 2.05) is 12.1 Å². The van der Waals surface area contributed by atoms with E-state index in [0.29, 0.717) is 11.4 Å². The van der Waals surface area contributed by atoms with Crippen molar-refractivity contribution in [3.63, 3.8) is 0 Å². The van der Waals surface area contributed by atoms with Gasteiger partial charge in [0.1, 0.15) is 0 Å². The number of rotatable bonds is 4. The van der Waals surface area contributed by atoms with Gasteiger partial charge in [-0.15, -0.1) is 0 Å². The highest BCUT2D eigenvalue weighted by Crippen LogP contribution is 2.28. The predicted octanol–water partition coefficient (Wildman–Crippen LogP) is 2.24. The SMILES string of the molecule is CC(C)(CC(N)c1ccc(Cl)cc1)C(N)=O. The molecule has 0 spiro atoms. The van der Waals surface area contributed by atoms with E-state index in [9.17, 15) is 4.79 Å². The summed E-state index contributed by atoms with van der Waals surface area (Å²) in [6, 6.07) is 7.09. The van der Waals surface area contributed by atoms with Gasteiger partial charge in [-0.05, 0) is 24.1 Å². The fourth-order valence-electron chi connectivity index (χ4n) is 1.48. The van der Waals surface area contributed by atoms with E-state index in [2.05, 4.69) is 0 Å². The minimum Gasteiger partial charge on any atom is -0.369 e. The van der Waals surface area contributed by atoms with E-state index in [1.165, 1.54) is 0 Å². The van der Waals surface area contributed by atoms with Crippen molar-refractivity contribution < 1.29 is 4.79 Å². The molecule has 1 amide bonds. The second-order valence-electron chi connectivity index (χ2n) is 4.61. The van der Waals surface area contributed by atoms with Crippen LogP contribution in [0.15, 0.2) is 24.3 Å². The van der Waals surface area contributed by atoms with Gasteiger partial charge >= 0.3 is 0 Å². The molecule has 1 rings (SSSR count). The molecule has 0 saturated heterocycles. The first-order valence-corrected chi connectivity index (χ1v) is 5.51. The van der Waals surface area contributed by atoms with Crippen LogP contribution in [0.1, 0.15) is 31.9 Å². The molecule has 1 unspecified atom stereocenters. The molecular formula is C12H17ClN2O. The molecule has 0 aromatic heterocycles. The third-order valence-electron chi connectivity index (χ3n) is 2.70. The molecule has 0 radical (unpaired) electrons. The second-order valence-corrected chi connectivity index (χ2v) is 5.05. The molecule has 0 aliphatic carbocycles. The van der Waals surface area contributed by atoms with Gasteiger partial charge < -0.3 is 11.5 Å². The first kappa shape index (κ1) is 13.0. The number of hydrogen-bond donors (Lipinski definition) is 2. The number of amides is 1. The largest absolute Gasteiger partial charge is 0.369 e. The van der Waals surface area contributed by atoms with Gasteiger partial charge in [-0.2, -0.15) is 0 Å². The Morgan fingerprint density at radius 1 is 1.38 bits per heavy atom. The quantitative estimate of drug-likeness (QED) is 0.848. The first-order chi connectivity index (χ1) is 7.33. The van der Waals surface area contributed by atoms with Crippen LogP contribution in [0.5, 0.6) is 0 Å². The Bertz CT molecular complexity index is 373. The van der Waals surface area contributed by atoms with Gasteiger partial charge in [-0.25, -0.2) is 0 Å². The molecule has 0 fully saturated rings. The third kappa shape index (κ3) is 3.22. The highest BCUT2D eigenvalue weighted by Gasteiger charge is 2.27. The third-order valence-corrected chi connectivity index (χ3v) is 2.95. The Labute approximate surface area is 101 Å². The lowest BCUT2D eigenvalue weighted by Crippen LogP contribution is -2.34. The van der Waals surface area contributed by atoms with Crippen LogP contribution >= 0.6 is 11.6 Å². The average Bonchev–Trinajstić information content (AvgIpc) is 2.17. The molecule has 0 heterocycles. The fourth-order valence-corrected chi connectivity index (χ4v) is 1.60. The van der Waals surface area contributed by atoms with Crippen LogP contribution in [-0.4, -0.2) is 5.91 Å². The minimum absolute atomic E-state index is 0.209. The number of halogens is 1. The summed E-state index contributed by atoms with van der Waals surface area (Å²) in [5, 5.41) is 0.671. The maximum Gasteiger partial charge on any atom is 0.223 e. The van der Waals surface area contributed by atoms with Crippen LogP contribution in [0.3, 0.4) is 0 Å². The number of carbonyl (C=O) groups is 1. The standard InChI is InChI=1S/C12H17ClN2O/c1-12(2,11(15)16)7-10(14)8-3-5-9(13)6-4-8/h3-6,10H,7,14H2,1-2H3,(H2,15,16). The Kier molecular flexibility index (Phi) is 3.94. The number of benzene rings is 1. The lowest BCUT2D eigenvalue weighted by Gasteiger charge is -2.24. The van der Waals surface area contributed by atoms with Crippen molar-refractivity contribution in [2.45, 2.75) is 26.3 Å². The summed E-state index contributed by atoms with van der Waals surface area (Å²) in [4.78, 5) is 11.2. The predicted molar refractivity (Wildman–Crippen MR) is 66.0 cm³/mol. The Hall–Kier alpha value is -1.06. The van der Waals surface area contributed by atoms with Crippen LogP contribution < -0.4 is 11.5 Å². The monoisotopic (exact) mass is 240 g/mol. The molecule has 16 heavy (non-hydrogen) atoms. The molecule has 4 heteroatoms. The summed E-state index contributed by atoms with van der Waals surface area (Å²) < 4.78 is 0. The Morgan fingerprint density at radius 2 is 1.88 bits per heavy atom. The summed E-state index contributed by atoms with van der Waals surface area (Å²) in [7, 11) is 0. The van der Waals surface area contributed by atoms with E-state index < -0.39 is 5.41 Å². The minimum atomic E-state index is -0.598. The normalized spacial score (nSPS) is 13.5. The van der Waals surface area contributed by atoms with Gasteiger partial charge in [0.25, 0.3) is 0 Å². The summed E-state index contributed by atoms with van der Waals surface area (Å²) in [6.07, 6.45) is 0.518. The lowest BCUT2D eigenvalue weighted by molar-refractivity contribution is -0.126. The van der Waals surface area contributed by atoms with E-state index >= 15 is 0 Å². The van der Waals surface area contributed by atoms with Crippen LogP contribution in [0.4, 0.5) is 0 Å². The summed E-state index contributed by atoms with van der Waals surface area (Å²) in [6.45, 7) is 3.59. The van der Waals surface area contributed by atoms with Gasteiger partial charge in [0.05, 0.1) is 0 Å². The van der Waals surface area contributed by atoms with Crippen LogP contribution in [0.2, 0.25) is 5.02 Å². The molecule has 4 N–H and O–H groups in total. The van der Waals surface area contributed by atoms with Crippen molar-refractivity contribution in [3.05, 3.63) is 34.9 Å². The molecule has 1 aromatic carbocycles. The molecular weight excluding hydrogens is 224 g/mol. The zero-order valence-corrected chi connectivity index (χ0v) is 10.3. The number of primary amides is 1. The fraction of sp³-hybridized carbons (Fsp3) is 0.417. The second kappa shape index (κ2) is 4.85. The van der Waals surface area contributed by atoms with Gasteiger partial charge in [0.2, 0.25) is 5.91 Å². The van der Waals surface area contributed by atoms with Crippen molar-refractivity contribution in [1.29, 1.82) is 0 Å². The average molecular weight is 241 g/mol. The van der Waals surface area contributed by atoms with Crippen LogP contribution in [-0.2, 0) is 4.79 Å². The summed E-state index contributed by atoms with van der Waals surface area (Å²) in [5.41, 5.74) is 11.7. The summed E-state index contributed by atoms with van der Waals surface area (Å²) in [5.74, 6) is -0.336. The van der Waals surface area contributed by atoms with Gasteiger partial charge in [0.15, 0.2) is 0 Å². The topological polar surface area (TPSA) is 69.1 Å². The number of carbonyl (C=O) groups excluding carboxylic acids is 1. The Morgan fingerprint density at radius 3 is 2.31 bits per heavy atom. The Balaban J connectivity index is 2.76. The highest BCUT2D eigenvalue weighted by atomic mass is 35.5. The van der Waals surface area contributed by atoms with Crippen molar-refractivity contribution in [2.24, 2.45) is 16.9 Å². The van der Waals surface area contributed by atoms with Crippen LogP contribution in [0, 0.1) is 5.41 Å². The van der Waals surface area contributed by atoms with Crippen LogP contribution in [0.25, 0.3) is 0 Å². The summed E-state index contributed by atoms with van der Waals surface area (Å²) >= 11 is 5.78. The molecule has 1 aromatic rings. The number of hydrogen-bond acceptors (Lipinski definition) is 2. The molecule has 1 atom stereocenters. The maximum atomic E-state index is 11.2. The molecule has 0 bridgehead atoms. The zero-order valence-electron chi connectivity index (χ0n) is 9.53. The molecule has 0 aliphatic rings. The van der Waals surface area contributed by atoms with Gasteiger partial charge in [-0.1, -0.05) is 37.6 Å². The van der Waals surface area contributed by atoms with E-state index in [1.54, 1.807) is 26.0 Å². The van der Waals surface area contributed by atoms with E-state index in [0.717, 1.165) is 5.56 Å². The zero-order chi connectivity index (χ0) is 12.3. The van der Waals surface area contributed by atoms with Crippen molar-refractivity contribution in [3.8, 4) is 0 Å². The molecule has 3 nitrogen and oxygen atoms in total. The first-order valence-electron chi connectivity index (χ1n) is 5.14. The maximum absolute atomic E-state index is 11.2. The van der Waals surface area contributed by atoms with Crippen molar-refractivity contribution >= 4 is 17.5 Å². The van der Waals surface area contributed by atoms with Gasteiger partial charge in [-0.3, -0.25) is 4.79 Å². The van der Waals surface area contributed by atoms with Crippen molar-refractivity contribution in [2.75, 3.05) is 0 Å². The lowest BCUT2D eigenvalue weighted by atomic mass is 9.83. The van der Waals surface area contributed by atoms with Gasteiger partial charge in [0, 0.05) is 16.5 Å². The van der Waals surface area contributed by atoms with E-state index in [4.69, 9.17) is 23.1 Å². The van der Waals surface area contributed by atoms with Crippen molar-refractivity contribution in [1.82, 2.24) is 0 Å². The van der Waals surface area contributed by atoms with E-state index in [-0.39, 0.29) is 11.9 Å². The highest BCUT2D eigenvalue weighted by molar-refractivity contribution is 6.30. The number of nitrogens with two attached hydrogens (primary N) is 2. The smallest absolute Gasteiger partial charge is 0.223 e. The molecule has 0 saturated carbocycles. The molecule has 0 aliphatic heterocycles.